The summed E-state index contributed by atoms with van der Waals surface area (Å²) in [6, 6.07) is 0. The van der Waals surface area contributed by atoms with Crippen LogP contribution in [-0.2, 0) is 0 Å². The number of halogens is 1. The minimum Gasteiger partial charge on any atom is -0.250 e. The van der Waals surface area contributed by atoms with E-state index in [1.807, 2.05) is 0 Å². The first-order chi connectivity index (χ1) is 7.63. The van der Waals surface area contributed by atoms with Gasteiger partial charge < -0.3 is 0 Å². The van der Waals surface area contributed by atoms with Crippen LogP contribution in [0.2, 0.25) is 0 Å². The van der Waals surface area contributed by atoms with Crippen LogP contribution in [0.3, 0.4) is 0 Å². The summed E-state index contributed by atoms with van der Waals surface area (Å²) >= 11 is 0. The zero-order valence-electron chi connectivity index (χ0n) is 11.1. The Bertz CT molecular complexity index is 207. The number of hydrogen-bond donors (Lipinski definition) is 0. The second-order valence-electron chi connectivity index (χ2n) is 5.84. The van der Waals surface area contributed by atoms with Crippen molar-refractivity contribution in [1.29, 1.82) is 0 Å². The Morgan fingerprint density at radius 1 is 1.19 bits per heavy atom. The largest absolute Gasteiger partial charge is 0.250 e. The minimum atomic E-state index is -0.185. The predicted octanol–water partition coefficient (Wildman–Crippen LogP) is 5.00. The summed E-state index contributed by atoms with van der Waals surface area (Å²) in [5, 5.41) is 0. The van der Waals surface area contributed by atoms with Crippen LogP contribution in [0.25, 0.3) is 0 Å². The summed E-state index contributed by atoms with van der Waals surface area (Å²) in [5.41, 5.74) is 0. The lowest BCUT2D eigenvalue weighted by molar-refractivity contribution is 0.274. The first kappa shape index (κ1) is 13.7. The Labute approximate surface area is 100 Å². The van der Waals surface area contributed by atoms with E-state index < -0.39 is 0 Å². The monoisotopic (exact) mass is 226 g/mol. The summed E-state index contributed by atoms with van der Waals surface area (Å²) in [7, 11) is 0. The molecule has 0 aromatic heterocycles. The van der Waals surface area contributed by atoms with Gasteiger partial charge in [-0.2, -0.15) is 0 Å². The maximum Gasteiger partial charge on any atom is 0.0956 e. The van der Waals surface area contributed by atoms with Gasteiger partial charge in [-0.3, -0.25) is 4.39 Å². The third-order valence-corrected chi connectivity index (χ3v) is 4.03. The topological polar surface area (TPSA) is 0 Å². The molecule has 0 saturated carbocycles. The first-order valence-corrected chi connectivity index (χ1v) is 6.86. The molecule has 1 aliphatic carbocycles. The SMILES string of the molecule is CC(C)[C@H]1CC[C@@H](C)C/C=C/[C@@H](CF)CC1. The second-order valence-corrected chi connectivity index (χ2v) is 5.84. The summed E-state index contributed by atoms with van der Waals surface area (Å²) in [6.45, 7) is 6.74. The van der Waals surface area contributed by atoms with Gasteiger partial charge in [0.05, 0.1) is 6.67 Å². The van der Waals surface area contributed by atoms with Gasteiger partial charge in [-0.25, -0.2) is 0 Å². The fraction of sp³-hybridized carbons (Fsp3) is 0.867. The summed E-state index contributed by atoms with van der Waals surface area (Å²) in [6.07, 6.45) is 10.3. The van der Waals surface area contributed by atoms with Crippen molar-refractivity contribution < 1.29 is 4.39 Å². The Hall–Kier alpha value is -0.330. The fourth-order valence-corrected chi connectivity index (χ4v) is 2.58. The highest BCUT2D eigenvalue weighted by Gasteiger charge is 2.17. The lowest BCUT2D eigenvalue weighted by atomic mass is 9.81. The van der Waals surface area contributed by atoms with Crippen LogP contribution < -0.4 is 0 Å². The maximum absolute atomic E-state index is 12.8. The molecule has 0 fully saturated rings. The Kier molecular flexibility index (Phi) is 6.08. The molecule has 16 heavy (non-hydrogen) atoms. The van der Waals surface area contributed by atoms with E-state index in [0.29, 0.717) is 0 Å². The minimum absolute atomic E-state index is 0.173. The van der Waals surface area contributed by atoms with Crippen LogP contribution in [-0.4, -0.2) is 6.67 Å². The van der Waals surface area contributed by atoms with Crippen molar-refractivity contribution in [1.82, 2.24) is 0 Å². The van der Waals surface area contributed by atoms with E-state index in [9.17, 15) is 4.39 Å². The average molecular weight is 226 g/mol. The van der Waals surface area contributed by atoms with Gasteiger partial charge in [0, 0.05) is 5.92 Å². The van der Waals surface area contributed by atoms with Gasteiger partial charge in [-0.05, 0) is 43.4 Å². The highest BCUT2D eigenvalue weighted by Crippen LogP contribution is 2.29. The van der Waals surface area contributed by atoms with Crippen molar-refractivity contribution in [3.63, 3.8) is 0 Å². The van der Waals surface area contributed by atoms with E-state index in [1.54, 1.807) is 0 Å². The van der Waals surface area contributed by atoms with Gasteiger partial charge in [-0.1, -0.05) is 39.3 Å². The molecule has 0 unspecified atom stereocenters. The van der Waals surface area contributed by atoms with Crippen molar-refractivity contribution in [2.45, 2.75) is 52.9 Å². The standard InChI is InChI=1S/C15H27F/c1-12(2)15-9-7-13(3)5-4-6-14(11-16)8-10-15/h4,6,12-15H,5,7-11H2,1-3H3/b6-4+/t13-,14+,15-/m0/s1. The average Bonchev–Trinajstić information content (AvgIpc) is 2.26. The third kappa shape index (κ3) is 4.67. The van der Waals surface area contributed by atoms with Gasteiger partial charge in [0.2, 0.25) is 0 Å². The van der Waals surface area contributed by atoms with Crippen molar-refractivity contribution in [3.05, 3.63) is 12.2 Å². The van der Waals surface area contributed by atoms with Gasteiger partial charge in [0.15, 0.2) is 0 Å². The van der Waals surface area contributed by atoms with Gasteiger partial charge >= 0.3 is 0 Å². The Balaban J connectivity index is 2.59. The van der Waals surface area contributed by atoms with E-state index in [-0.39, 0.29) is 12.6 Å². The molecule has 0 aromatic rings. The molecule has 0 aromatic carbocycles. The van der Waals surface area contributed by atoms with Crippen molar-refractivity contribution in [2.24, 2.45) is 23.7 Å². The highest BCUT2D eigenvalue weighted by molar-refractivity contribution is 4.90. The van der Waals surface area contributed by atoms with E-state index >= 15 is 0 Å². The molecule has 0 amide bonds. The molecule has 1 aliphatic rings. The molecule has 1 rings (SSSR count). The van der Waals surface area contributed by atoms with Gasteiger partial charge in [-0.15, -0.1) is 0 Å². The molecule has 0 nitrogen and oxygen atoms in total. The third-order valence-electron chi connectivity index (χ3n) is 4.03. The zero-order chi connectivity index (χ0) is 12.0. The van der Waals surface area contributed by atoms with Crippen LogP contribution in [0.15, 0.2) is 12.2 Å². The first-order valence-electron chi connectivity index (χ1n) is 6.86. The van der Waals surface area contributed by atoms with Crippen LogP contribution in [0.4, 0.5) is 4.39 Å². The Morgan fingerprint density at radius 3 is 2.50 bits per heavy atom. The van der Waals surface area contributed by atoms with E-state index in [2.05, 4.69) is 32.9 Å². The molecule has 0 radical (unpaired) electrons. The Morgan fingerprint density at radius 2 is 1.88 bits per heavy atom. The molecule has 0 aliphatic heterocycles. The van der Waals surface area contributed by atoms with Crippen molar-refractivity contribution in [2.75, 3.05) is 6.67 Å². The number of hydrogen-bond acceptors (Lipinski definition) is 0. The van der Waals surface area contributed by atoms with Crippen molar-refractivity contribution >= 4 is 0 Å². The van der Waals surface area contributed by atoms with E-state index in [0.717, 1.165) is 30.6 Å². The van der Waals surface area contributed by atoms with Gasteiger partial charge in [0.1, 0.15) is 0 Å². The quantitative estimate of drug-likeness (QED) is 0.581. The zero-order valence-corrected chi connectivity index (χ0v) is 11.1. The van der Waals surface area contributed by atoms with Crippen LogP contribution in [0.1, 0.15) is 52.9 Å². The summed E-state index contributed by atoms with van der Waals surface area (Å²) in [5.74, 6) is 2.47. The molecule has 94 valence electrons. The highest BCUT2D eigenvalue weighted by atomic mass is 19.1. The maximum atomic E-state index is 12.8. The van der Waals surface area contributed by atoms with Crippen molar-refractivity contribution in [3.8, 4) is 0 Å². The molecule has 3 atom stereocenters. The van der Waals surface area contributed by atoms with Crippen LogP contribution in [0, 0.1) is 23.7 Å². The van der Waals surface area contributed by atoms with Gasteiger partial charge in [0.25, 0.3) is 0 Å². The molecule has 0 spiro atoms. The molecule has 1 heteroatoms. The normalized spacial score (nSPS) is 34.9. The number of allylic oxidation sites excluding steroid dienone is 2. The fourth-order valence-electron chi connectivity index (χ4n) is 2.58. The number of rotatable bonds is 2. The summed E-state index contributed by atoms with van der Waals surface area (Å²) < 4.78 is 12.8. The molecule has 0 bridgehead atoms. The summed E-state index contributed by atoms with van der Waals surface area (Å²) in [4.78, 5) is 0. The molecule has 0 heterocycles. The lowest BCUT2D eigenvalue weighted by Crippen LogP contribution is -2.14. The van der Waals surface area contributed by atoms with E-state index in [4.69, 9.17) is 0 Å². The molecule has 0 saturated heterocycles. The van der Waals surface area contributed by atoms with E-state index in [1.165, 1.54) is 19.3 Å². The van der Waals surface area contributed by atoms with Crippen LogP contribution >= 0.6 is 0 Å². The molecular weight excluding hydrogens is 199 g/mol. The van der Waals surface area contributed by atoms with Crippen LogP contribution in [0.5, 0.6) is 0 Å². The smallest absolute Gasteiger partial charge is 0.0956 e. The molecule has 0 N–H and O–H groups in total. The number of alkyl halides is 1. The second kappa shape index (κ2) is 7.09. The predicted molar refractivity (Wildman–Crippen MR) is 69.2 cm³/mol. The molecular formula is C15H27F. The lowest BCUT2D eigenvalue weighted by Gasteiger charge is -2.24.